The van der Waals surface area contributed by atoms with Crippen molar-refractivity contribution in [2.24, 2.45) is 0 Å². The Morgan fingerprint density at radius 3 is 2.58 bits per heavy atom. The predicted octanol–water partition coefficient (Wildman–Crippen LogP) is 1.21. The van der Waals surface area contributed by atoms with E-state index in [1.807, 2.05) is 0 Å². The molecule has 4 heteroatoms. The molecule has 1 aromatic rings. The van der Waals surface area contributed by atoms with Gasteiger partial charge in [-0.3, -0.25) is 0 Å². The second-order valence-electron chi connectivity index (χ2n) is 3.03. The van der Waals surface area contributed by atoms with Crippen LogP contribution in [0.15, 0.2) is 12.4 Å². The summed E-state index contributed by atoms with van der Waals surface area (Å²) in [5, 5.41) is 0. The number of hydrogen-bond donors (Lipinski definition) is 0. The van der Waals surface area contributed by atoms with Crippen LogP contribution < -0.4 is 4.90 Å². The van der Waals surface area contributed by atoms with Gasteiger partial charge in [0, 0.05) is 12.6 Å². The van der Waals surface area contributed by atoms with Gasteiger partial charge in [-0.05, 0) is 13.3 Å². The van der Waals surface area contributed by atoms with Crippen molar-refractivity contribution in [1.82, 2.24) is 9.97 Å². The standard InChI is InChI=1S/C8H10FN3/c1-6-2-3-12(6)8-10-4-7(9)5-11-8/h4-6H,2-3H2,1H3. The van der Waals surface area contributed by atoms with Gasteiger partial charge < -0.3 is 4.90 Å². The Labute approximate surface area is 70.3 Å². The zero-order valence-electron chi connectivity index (χ0n) is 6.87. The van der Waals surface area contributed by atoms with Crippen LogP contribution in [0.4, 0.5) is 10.3 Å². The minimum Gasteiger partial charge on any atom is -0.338 e. The highest BCUT2D eigenvalue weighted by Gasteiger charge is 2.25. The third-order valence-corrected chi connectivity index (χ3v) is 2.18. The van der Waals surface area contributed by atoms with Crippen LogP contribution >= 0.6 is 0 Å². The first-order valence-corrected chi connectivity index (χ1v) is 4.01. The van der Waals surface area contributed by atoms with E-state index in [1.54, 1.807) is 0 Å². The lowest BCUT2D eigenvalue weighted by Crippen LogP contribution is -2.46. The van der Waals surface area contributed by atoms with E-state index in [4.69, 9.17) is 0 Å². The Bertz CT molecular complexity index is 272. The molecule has 0 spiro atoms. The van der Waals surface area contributed by atoms with E-state index in [1.165, 1.54) is 18.8 Å². The summed E-state index contributed by atoms with van der Waals surface area (Å²) in [5.41, 5.74) is 0. The SMILES string of the molecule is CC1CCN1c1ncc(F)cn1. The normalized spacial score (nSPS) is 22.2. The Balaban J connectivity index is 2.18. The van der Waals surface area contributed by atoms with Gasteiger partial charge >= 0.3 is 0 Å². The van der Waals surface area contributed by atoms with Crippen LogP contribution in [0.25, 0.3) is 0 Å². The fourth-order valence-corrected chi connectivity index (χ4v) is 1.27. The maximum absolute atomic E-state index is 12.4. The molecule has 0 aliphatic carbocycles. The first kappa shape index (κ1) is 7.46. The van der Waals surface area contributed by atoms with Crippen LogP contribution in [0.5, 0.6) is 0 Å². The van der Waals surface area contributed by atoms with Crippen molar-refractivity contribution in [2.75, 3.05) is 11.4 Å². The smallest absolute Gasteiger partial charge is 0.225 e. The Hall–Kier alpha value is -1.19. The van der Waals surface area contributed by atoms with Gasteiger partial charge in [0.2, 0.25) is 5.95 Å². The third kappa shape index (κ3) is 1.13. The number of anilines is 1. The topological polar surface area (TPSA) is 29.0 Å². The highest BCUT2D eigenvalue weighted by molar-refractivity contribution is 5.34. The molecule has 1 fully saturated rings. The van der Waals surface area contributed by atoms with Crippen molar-refractivity contribution in [2.45, 2.75) is 19.4 Å². The Morgan fingerprint density at radius 2 is 2.17 bits per heavy atom. The van der Waals surface area contributed by atoms with Gasteiger partial charge in [0.15, 0.2) is 5.82 Å². The lowest BCUT2D eigenvalue weighted by atomic mass is 10.1. The van der Waals surface area contributed by atoms with Gasteiger partial charge in [-0.15, -0.1) is 0 Å². The number of halogens is 1. The summed E-state index contributed by atoms with van der Waals surface area (Å²) in [6.45, 7) is 3.09. The minimum atomic E-state index is -0.382. The molecule has 2 heterocycles. The van der Waals surface area contributed by atoms with Crippen LogP contribution in [-0.4, -0.2) is 22.6 Å². The van der Waals surface area contributed by atoms with Gasteiger partial charge in [-0.1, -0.05) is 0 Å². The zero-order valence-corrected chi connectivity index (χ0v) is 6.87. The number of rotatable bonds is 1. The lowest BCUT2D eigenvalue weighted by molar-refractivity contribution is 0.468. The molecule has 1 aliphatic heterocycles. The van der Waals surface area contributed by atoms with E-state index in [0.29, 0.717) is 12.0 Å². The van der Waals surface area contributed by atoms with Gasteiger partial charge in [-0.2, -0.15) is 0 Å². The Kier molecular flexibility index (Phi) is 1.67. The number of nitrogens with zero attached hydrogens (tertiary/aromatic N) is 3. The van der Waals surface area contributed by atoms with Crippen molar-refractivity contribution in [1.29, 1.82) is 0 Å². The summed E-state index contributed by atoms with van der Waals surface area (Å²) in [6.07, 6.45) is 3.57. The van der Waals surface area contributed by atoms with Crippen LogP contribution in [-0.2, 0) is 0 Å². The van der Waals surface area contributed by atoms with Gasteiger partial charge in [0.05, 0.1) is 12.4 Å². The van der Waals surface area contributed by atoms with Gasteiger partial charge in [-0.25, -0.2) is 14.4 Å². The summed E-state index contributed by atoms with van der Waals surface area (Å²) in [4.78, 5) is 9.84. The number of aromatic nitrogens is 2. The summed E-state index contributed by atoms with van der Waals surface area (Å²) in [7, 11) is 0. The largest absolute Gasteiger partial charge is 0.338 e. The molecule has 1 unspecified atom stereocenters. The highest BCUT2D eigenvalue weighted by Crippen LogP contribution is 2.21. The summed E-state index contributed by atoms with van der Waals surface area (Å²) in [6, 6.07) is 0.496. The summed E-state index contributed by atoms with van der Waals surface area (Å²) >= 11 is 0. The van der Waals surface area contributed by atoms with E-state index in [2.05, 4.69) is 21.8 Å². The third-order valence-electron chi connectivity index (χ3n) is 2.18. The van der Waals surface area contributed by atoms with E-state index >= 15 is 0 Å². The Morgan fingerprint density at radius 1 is 1.50 bits per heavy atom. The van der Waals surface area contributed by atoms with E-state index in [9.17, 15) is 4.39 Å². The molecule has 12 heavy (non-hydrogen) atoms. The maximum Gasteiger partial charge on any atom is 0.225 e. The quantitative estimate of drug-likeness (QED) is 0.629. The van der Waals surface area contributed by atoms with E-state index < -0.39 is 0 Å². The van der Waals surface area contributed by atoms with Crippen molar-refractivity contribution in [3.8, 4) is 0 Å². The van der Waals surface area contributed by atoms with Crippen LogP contribution in [0.2, 0.25) is 0 Å². The van der Waals surface area contributed by atoms with Crippen LogP contribution in [0.1, 0.15) is 13.3 Å². The summed E-state index contributed by atoms with van der Waals surface area (Å²) in [5.74, 6) is 0.252. The van der Waals surface area contributed by atoms with Gasteiger partial charge in [0.25, 0.3) is 0 Å². The maximum atomic E-state index is 12.4. The average Bonchev–Trinajstić information content (AvgIpc) is 2.06. The second-order valence-corrected chi connectivity index (χ2v) is 3.03. The number of hydrogen-bond acceptors (Lipinski definition) is 3. The molecule has 1 saturated heterocycles. The van der Waals surface area contributed by atoms with E-state index in [0.717, 1.165) is 6.54 Å². The minimum absolute atomic E-state index is 0.382. The molecule has 0 aromatic carbocycles. The van der Waals surface area contributed by atoms with Crippen molar-refractivity contribution in [3.63, 3.8) is 0 Å². The molecule has 0 bridgehead atoms. The first-order valence-electron chi connectivity index (χ1n) is 4.01. The molecular formula is C8H10FN3. The van der Waals surface area contributed by atoms with Crippen molar-refractivity contribution < 1.29 is 4.39 Å². The van der Waals surface area contributed by atoms with Crippen molar-refractivity contribution in [3.05, 3.63) is 18.2 Å². The lowest BCUT2D eigenvalue weighted by Gasteiger charge is -2.38. The predicted molar refractivity (Wildman–Crippen MR) is 43.4 cm³/mol. The molecule has 1 atom stereocenters. The zero-order chi connectivity index (χ0) is 8.55. The molecule has 1 aromatic heterocycles. The molecule has 0 saturated carbocycles. The molecule has 1 aliphatic rings. The fourth-order valence-electron chi connectivity index (χ4n) is 1.27. The monoisotopic (exact) mass is 167 g/mol. The van der Waals surface area contributed by atoms with Gasteiger partial charge in [0.1, 0.15) is 0 Å². The summed E-state index contributed by atoms with van der Waals surface area (Å²) < 4.78 is 12.4. The highest BCUT2D eigenvalue weighted by atomic mass is 19.1. The molecule has 0 N–H and O–H groups in total. The molecule has 0 radical (unpaired) electrons. The molecule has 0 amide bonds. The average molecular weight is 167 g/mol. The van der Waals surface area contributed by atoms with Crippen LogP contribution in [0.3, 0.4) is 0 Å². The van der Waals surface area contributed by atoms with Crippen LogP contribution in [0, 0.1) is 5.82 Å². The molecular weight excluding hydrogens is 157 g/mol. The first-order chi connectivity index (χ1) is 5.77. The molecule has 3 nitrogen and oxygen atoms in total. The molecule has 2 rings (SSSR count). The second kappa shape index (κ2) is 2.69. The van der Waals surface area contributed by atoms with E-state index in [-0.39, 0.29) is 5.82 Å². The van der Waals surface area contributed by atoms with Crippen molar-refractivity contribution >= 4 is 5.95 Å². The fraction of sp³-hybridized carbons (Fsp3) is 0.500. The molecule has 64 valence electrons.